The maximum Gasteiger partial charge on any atom is 0.354 e. The molecule has 2 heterocycles. The minimum absolute atomic E-state index is 0.0375. The van der Waals surface area contributed by atoms with E-state index in [0.29, 0.717) is 17.1 Å². The molecule has 0 aromatic carbocycles. The van der Waals surface area contributed by atoms with E-state index in [0.717, 1.165) is 0 Å². The Balaban J connectivity index is 2.53. The highest BCUT2D eigenvalue weighted by atomic mass is 32.2. The minimum atomic E-state index is -1.07. The number of carbonyl (C=O) groups is 2. The number of aromatic amines is 1. The van der Waals surface area contributed by atoms with Crippen LogP contribution in [0.15, 0.2) is 0 Å². The largest absolute Gasteiger partial charge is 0.477 e. The number of carboxylic acid groups (broad SMARTS) is 1. The lowest BCUT2D eigenvalue weighted by Gasteiger charge is -2.07. The van der Waals surface area contributed by atoms with Gasteiger partial charge in [-0.3, -0.25) is 9.89 Å². The van der Waals surface area contributed by atoms with Gasteiger partial charge in [-0.25, -0.2) is 4.79 Å². The Bertz CT molecular complexity index is 372. The van der Waals surface area contributed by atoms with Crippen molar-refractivity contribution in [1.29, 1.82) is 0 Å². The van der Waals surface area contributed by atoms with Crippen LogP contribution >= 0.6 is 11.8 Å². The molecule has 2 rings (SSSR count). The standard InChI is InChI=1S/C7H6N2O3S/c10-4-2-13-1-3-5(4)8-9-6(3)7(11)12/h1-2H2,(H,8,9)(H,11,12). The molecule has 0 amide bonds. The molecule has 0 atom stereocenters. The van der Waals surface area contributed by atoms with Crippen LogP contribution in [0.2, 0.25) is 0 Å². The summed E-state index contributed by atoms with van der Waals surface area (Å²) >= 11 is 1.41. The van der Waals surface area contributed by atoms with Gasteiger partial charge in [0.1, 0.15) is 11.4 Å². The average Bonchev–Trinajstić information content (AvgIpc) is 2.48. The molecule has 1 aliphatic rings. The van der Waals surface area contributed by atoms with Gasteiger partial charge in [0.15, 0.2) is 5.78 Å². The number of carbonyl (C=O) groups excluding carboxylic acids is 1. The van der Waals surface area contributed by atoms with E-state index in [-0.39, 0.29) is 17.2 Å². The van der Waals surface area contributed by atoms with E-state index in [2.05, 4.69) is 10.2 Å². The first-order valence-corrected chi connectivity index (χ1v) is 4.77. The van der Waals surface area contributed by atoms with Crippen molar-refractivity contribution in [3.05, 3.63) is 17.0 Å². The van der Waals surface area contributed by atoms with E-state index >= 15 is 0 Å². The molecular formula is C7H6N2O3S. The number of aromatic nitrogens is 2. The summed E-state index contributed by atoms with van der Waals surface area (Å²) in [6, 6.07) is 0. The first-order chi connectivity index (χ1) is 6.20. The number of aromatic carboxylic acids is 1. The maximum atomic E-state index is 11.2. The average molecular weight is 198 g/mol. The molecule has 0 aliphatic carbocycles. The predicted octanol–water partition coefficient (Wildman–Crippen LogP) is 0.537. The molecule has 13 heavy (non-hydrogen) atoms. The van der Waals surface area contributed by atoms with Crippen LogP contribution in [0.5, 0.6) is 0 Å². The van der Waals surface area contributed by atoms with Crippen molar-refractivity contribution in [3.8, 4) is 0 Å². The van der Waals surface area contributed by atoms with Gasteiger partial charge in [0.2, 0.25) is 0 Å². The molecule has 0 radical (unpaired) electrons. The fraction of sp³-hybridized carbons (Fsp3) is 0.286. The van der Waals surface area contributed by atoms with Gasteiger partial charge >= 0.3 is 5.97 Å². The third kappa shape index (κ3) is 1.23. The molecule has 2 N–H and O–H groups in total. The number of hydrogen-bond acceptors (Lipinski definition) is 4. The molecule has 5 nitrogen and oxygen atoms in total. The van der Waals surface area contributed by atoms with Crippen molar-refractivity contribution in [2.24, 2.45) is 0 Å². The monoisotopic (exact) mass is 198 g/mol. The van der Waals surface area contributed by atoms with Crippen LogP contribution in [0, 0.1) is 0 Å². The van der Waals surface area contributed by atoms with Gasteiger partial charge in [-0.2, -0.15) is 5.10 Å². The highest BCUT2D eigenvalue weighted by molar-refractivity contribution is 7.99. The zero-order chi connectivity index (χ0) is 9.42. The van der Waals surface area contributed by atoms with E-state index in [1.807, 2.05) is 0 Å². The van der Waals surface area contributed by atoms with E-state index in [4.69, 9.17) is 5.11 Å². The first-order valence-electron chi connectivity index (χ1n) is 3.61. The molecule has 1 aliphatic heterocycles. The lowest BCUT2D eigenvalue weighted by molar-refractivity contribution is 0.0689. The van der Waals surface area contributed by atoms with Gasteiger partial charge < -0.3 is 5.11 Å². The van der Waals surface area contributed by atoms with E-state index in [9.17, 15) is 9.59 Å². The molecule has 1 aromatic heterocycles. The predicted molar refractivity (Wildman–Crippen MR) is 46.0 cm³/mol. The van der Waals surface area contributed by atoms with Crippen molar-refractivity contribution in [2.45, 2.75) is 5.75 Å². The Hall–Kier alpha value is -1.30. The summed E-state index contributed by atoms with van der Waals surface area (Å²) in [4.78, 5) is 21.9. The SMILES string of the molecule is O=C1CSCc2c1n[nH]c2C(=O)O. The van der Waals surface area contributed by atoms with Crippen molar-refractivity contribution < 1.29 is 14.7 Å². The number of ketones is 1. The molecule has 68 valence electrons. The number of nitrogens with zero attached hydrogens (tertiary/aromatic N) is 1. The fourth-order valence-electron chi connectivity index (χ4n) is 1.23. The second-order valence-corrected chi connectivity index (χ2v) is 3.63. The van der Waals surface area contributed by atoms with Crippen LogP contribution in [0.4, 0.5) is 0 Å². The van der Waals surface area contributed by atoms with Crippen molar-refractivity contribution in [1.82, 2.24) is 10.2 Å². The Morgan fingerprint density at radius 2 is 2.31 bits per heavy atom. The van der Waals surface area contributed by atoms with Crippen LogP contribution in [0.1, 0.15) is 26.5 Å². The number of nitrogens with one attached hydrogen (secondary N) is 1. The third-order valence-electron chi connectivity index (χ3n) is 1.82. The fourth-order valence-corrected chi connectivity index (χ4v) is 2.14. The summed E-state index contributed by atoms with van der Waals surface area (Å²) in [5.41, 5.74) is 0.848. The molecule has 0 fully saturated rings. The molecule has 0 bridgehead atoms. The topological polar surface area (TPSA) is 83.0 Å². The Kier molecular flexibility index (Phi) is 1.84. The Morgan fingerprint density at radius 1 is 1.54 bits per heavy atom. The van der Waals surface area contributed by atoms with Gasteiger partial charge in [0, 0.05) is 11.3 Å². The number of Topliss-reactive ketones (excluding diaryl/α,β-unsaturated/α-hetero) is 1. The Labute approximate surface area is 77.5 Å². The van der Waals surface area contributed by atoms with Crippen LogP contribution in [-0.2, 0) is 5.75 Å². The lowest BCUT2D eigenvalue weighted by atomic mass is 10.1. The second kappa shape index (κ2) is 2.88. The highest BCUT2D eigenvalue weighted by Gasteiger charge is 2.26. The summed E-state index contributed by atoms with van der Waals surface area (Å²) < 4.78 is 0. The smallest absolute Gasteiger partial charge is 0.354 e. The summed E-state index contributed by atoms with van der Waals surface area (Å²) in [6.07, 6.45) is 0. The van der Waals surface area contributed by atoms with Crippen LogP contribution < -0.4 is 0 Å². The van der Waals surface area contributed by atoms with Crippen molar-refractivity contribution in [3.63, 3.8) is 0 Å². The van der Waals surface area contributed by atoms with Crippen molar-refractivity contribution in [2.75, 3.05) is 5.75 Å². The summed E-state index contributed by atoms with van der Waals surface area (Å²) in [5.74, 6) is -0.241. The number of rotatable bonds is 1. The number of hydrogen-bond donors (Lipinski definition) is 2. The number of carboxylic acids is 1. The number of fused-ring (bicyclic) bond motifs is 1. The summed E-state index contributed by atoms with van der Waals surface area (Å²) in [7, 11) is 0. The molecule has 6 heteroatoms. The van der Waals surface area contributed by atoms with E-state index < -0.39 is 5.97 Å². The van der Waals surface area contributed by atoms with Gasteiger partial charge in [-0.1, -0.05) is 0 Å². The number of thioether (sulfide) groups is 1. The van der Waals surface area contributed by atoms with Gasteiger partial charge in [-0.15, -0.1) is 11.8 Å². The zero-order valence-corrected chi connectivity index (χ0v) is 7.35. The number of H-pyrrole nitrogens is 1. The second-order valence-electron chi connectivity index (χ2n) is 2.65. The highest BCUT2D eigenvalue weighted by Crippen LogP contribution is 2.25. The molecule has 0 unspecified atom stereocenters. The van der Waals surface area contributed by atoms with Gasteiger partial charge in [0.05, 0.1) is 5.75 Å². The summed E-state index contributed by atoms with van der Waals surface area (Å²) in [5, 5.41) is 14.8. The van der Waals surface area contributed by atoms with E-state index in [1.54, 1.807) is 0 Å². The molecule has 1 aromatic rings. The zero-order valence-electron chi connectivity index (χ0n) is 6.53. The quantitative estimate of drug-likeness (QED) is 0.688. The Morgan fingerprint density at radius 3 is 3.00 bits per heavy atom. The first kappa shape index (κ1) is 8.31. The van der Waals surface area contributed by atoms with Crippen LogP contribution in [0.25, 0.3) is 0 Å². The molecule has 0 spiro atoms. The lowest BCUT2D eigenvalue weighted by Crippen LogP contribution is -2.12. The van der Waals surface area contributed by atoms with E-state index in [1.165, 1.54) is 11.8 Å². The van der Waals surface area contributed by atoms with Gasteiger partial charge in [0.25, 0.3) is 0 Å². The van der Waals surface area contributed by atoms with Crippen molar-refractivity contribution >= 4 is 23.5 Å². The molecule has 0 saturated heterocycles. The minimum Gasteiger partial charge on any atom is -0.477 e. The normalized spacial score (nSPS) is 15.5. The molecular weight excluding hydrogens is 192 g/mol. The summed E-state index contributed by atoms with van der Waals surface area (Å²) in [6.45, 7) is 0. The van der Waals surface area contributed by atoms with Crippen LogP contribution in [-0.4, -0.2) is 32.8 Å². The molecule has 0 saturated carbocycles. The van der Waals surface area contributed by atoms with Gasteiger partial charge in [-0.05, 0) is 0 Å². The maximum absolute atomic E-state index is 11.2. The third-order valence-corrected chi connectivity index (χ3v) is 2.78. The van der Waals surface area contributed by atoms with Crippen LogP contribution in [0.3, 0.4) is 0 Å².